The summed E-state index contributed by atoms with van der Waals surface area (Å²) in [5, 5.41) is 27.2. The number of β-amino-alcohol motifs (C(OH)–C–C–N with tert-alkyl or cyclic N) is 1. The van der Waals surface area contributed by atoms with Gasteiger partial charge in [0.05, 0.1) is 43.1 Å². The van der Waals surface area contributed by atoms with Gasteiger partial charge in [0.25, 0.3) is 5.91 Å². The summed E-state index contributed by atoms with van der Waals surface area (Å²) in [6.07, 6.45) is 2.10. The highest BCUT2D eigenvalue weighted by Gasteiger charge is 2.21. The lowest BCUT2D eigenvalue weighted by Gasteiger charge is -2.19. The lowest BCUT2D eigenvalue weighted by molar-refractivity contribution is -0.137. The number of carboxylic acids is 1. The molecule has 0 fully saturated rings. The van der Waals surface area contributed by atoms with E-state index < -0.39 is 23.9 Å². The normalized spacial score (nSPS) is 16.1. The average Bonchev–Trinajstić information content (AvgIpc) is 2.78. The van der Waals surface area contributed by atoms with E-state index in [1.54, 1.807) is 18.2 Å². The first kappa shape index (κ1) is 25.8. The molecule has 180 valence electrons. The summed E-state index contributed by atoms with van der Waals surface area (Å²) in [6, 6.07) is 6.94. The Hall–Kier alpha value is -2.83. The number of nitrogens with one attached hydrogen (secondary N) is 3. The van der Waals surface area contributed by atoms with Crippen molar-refractivity contribution >= 4 is 61.2 Å². The molecular formula is C22H23Br2N5O5. The van der Waals surface area contributed by atoms with Crippen molar-refractivity contribution in [2.24, 2.45) is 4.99 Å². The SMILES string of the molecule is O=C(O)C[C@H](CC(=O)CNC(=O)c1cncc(NC2=NCC(O)CN2)c1)c1cc(Br)cc(Br)c1. The molecular weight excluding hydrogens is 574 g/mol. The topological polar surface area (TPSA) is 153 Å². The minimum Gasteiger partial charge on any atom is -0.481 e. The van der Waals surface area contributed by atoms with Crippen molar-refractivity contribution in [1.29, 1.82) is 0 Å². The maximum atomic E-state index is 12.6. The molecule has 1 aromatic carbocycles. The summed E-state index contributed by atoms with van der Waals surface area (Å²) >= 11 is 6.75. The number of nitrogens with zero attached hydrogens (tertiary/aromatic N) is 2. The molecule has 3 rings (SSSR count). The number of aliphatic hydroxyl groups excluding tert-OH is 1. The zero-order valence-corrected chi connectivity index (χ0v) is 21.1. The Labute approximate surface area is 212 Å². The highest BCUT2D eigenvalue weighted by atomic mass is 79.9. The first-order valence-corrected chi connectivity index (χ1v) is 11.9. The van der Waals surface area contributed by atoms with Crippen LogP contribution in [0.1, 0.15) is 34.7 Å². The predicted molar refractivity (Wildman–Crippen MR) is 133 cm³/mol. The maximum absolute atomic E-state index is 12.6. The number of carboxylic acid groups (broad SMARTS) is 1. The van der Waals surface area contributed by atoms with E-state index in [1.807, 2.05) is 6.07 Å². The number of hydrogen-bond acceptors (Lipinski definition) is 8. The third-order valence-electron chi connectivity index (χ3n) is 4.93. The quantitative estimate of drug-likeness (QED) is 0.295. The molecule has 0 aliphatic carbocycles. The van der Waals surface area contributed by atoms with Gasteiger partial charge in [0.1, 0.15) is 0 Å². The van der Waals surface area contributed by atoms with Crippen LogP contribution in [0.15, 0.2) is 50.6 Å². The molecule has 0 radical (unpaired) electrons. The van der Waals surface area contributed by atoms with E-state index in [4.69, 9.17) is 0 Å². The van der Waals surface area contributed by atoms with Crippen LogP contribution in [0.5, 0.6) is 0 Å². The first-order valence-electron chi connectivity index (χ1n) is 10.4. The molecule has 1 aliphatic rings. The van der Waals surface area contributed by atoms with Crippen molar-refractivity contribution in [3.05, 3.63) is 56.7 Å². The van der Waals surface area contributed by atoms with E-state index in [2.05, 4.69) is 57.8 Å². The van der Waals surface area contributed by atoms with Crippen molar-refractivity contribution in [2.45, 2.75) is 24.9 Å². The van der Waals surface area contributed by atoms with Crippen LogP contribution in [0.4, 0.5) is 5.69 Å². The number of guanidine groups is 1. The number of aliphatic imine (C=N–C) groups is 1. The molecule has 1 aliphatic heterocycles. The highest BCUT2D eigenvalue weighted by Crippen LogP contribution is 2.29. The van der Waals surface area contributed by atoms with Crippen molar-refractivity contribution < 1.29 is 24.6 Å². The van der Waals surface area contributed by atoms with Crippen LogP contribution in [0.3, 0.4) is 0 Å². The number of Topliss-reactive ketones (excluding diaryl/α,β-unsaturated/α-hetero) is 1. The zero-order chi connectivity index (χ0) is 24.7. The number of carbonyl (C=O) groups is 3. The predicted octanol–water partition coefficient (Wildman–Crippen LogP) is 2.29. The molecule has 1 aromatic heterocycles. The van der Waals surface area contributed by atoms with E-state index in [9.17, 15) is 24.6 Å². The van der Waals surface area contributed by atoms with Gasteiger partial charge in [-0.3, -0.25) is 24.4 Å². The van der Waals surface area contributed by atoms with Gasteiger partial charge in [0.15, 0.2) is 11.7 Å². The molecule has 0 bridgehead atoms. The third-order valence-corrected chi connectivity index (χ3v) is 5.84. The molecule has 1 unspecified atom stereocenters. The highest BCUT2D eigenvalue weighted by molar-refractivity contribution is 9.11. The molecule has 2 aromatic rings. The number of benzene rings is 1. The average molecular weight is 597 g/mol. The van der Waals surface area contributed by atoms with Gasteiger partial charge < -0.3 is 26.2 Å². The van der Waals surface area contributed by atoms with Crippen LogP contribution in [0, 0.1) is 0 Å². The van der Waals surface area contributed by atoms with Gasteiger partial charge in [-0.25, -0.2) is 0 Å². The number of amides is 1. The van der Waals surface area contributed by atoms with Gasteiger partial charge in [-0.1, -0.05) is 31.9 Å². The van der Waals surface area contributed by atoms with Crippen molar-refractivity contribution in [3.8, 4) is 0 Å². The lowest BCUT2D eigenvalue weighted by atomic mass is 9.91. The Kier molecular flexibility index (Phi) is 9.13. The van der Waals surface area contributed by atoms with Gasteiger partial charge in [-0.2, -0.15) is 0 Å². The second-order valence-electron chi connectivity index (χ2n) is 7.73. The Morgan fingerprint density at radius 3 is 2.50 bits per heavy atom. The number of anilines is 1. The molecule has 1 amide bonds. The number of rotatable bonds is 9. The van der Waals surface area contributed by atoms with E-state index in [-0.39, 0.29) is 37.3 Å². The van der Waals surface area contributed by atoms with E-state index >= 15 is 0 Å². The maximum Gasteiger partial charge on any atom is 0.303 e. The monoisotopic (exact) mass is 595 g/mol. The fraction of sp³-hybridized carbons (Fsp3) is 0.318. The Bertz CT molecular complexity index is 1090. The van der Waals surface area contributed by atoms with Crippen molar-refractivity contribution in [2.75, 3.05) is 25.0 Å². The van der Waals surface area contributed by atoms with Gasteiger partial charge in [0, 0.05) is 34.0 Å². The molecule has 2 heterocycles. The lowest BCUT2D eigenvalue weighted by Crippen LogP contribution is -2.42. The molecule has 5 N–H and O–H groups in total. The molecule has 12 heteroatoms. The minimum atomic E-state index is -1.01. The Morgan fingerprint density at radius 2 is 1.85 bits per heavy atom. The Balaban J connectivity index is 1.59. The van der Waals surface area contributed by atoms with E-state index in [0.717, 1.165) is 8.95 Å². The fourth-order valence-electron chi connectivity index (χ4n) is 3.34. The summed E-state index contributed by atoms with van der Waals surface area (Å²) in [7, 11) is 0. The molecule has 0 saturated carbocycles. The smallest absolute Gasteiger partial charge is 0.303 e. The molecule has 10 nitrogen and oxygen atoms in total. The second kappa shape index (κ2) is 12.0. The largest absolute Gasteiger partial charge is 0.481 e. The van der Waals surface area contributed by atoms with E-state index in [0.29, 0.717) is 23.8 Å². The third kappa shape index (κ3) is 7.89. The summed E-state index contributed by atoms with van der Waals surface area (Å²) in [4.78, 5) is 44.6. The number of ketones is 1. The molecule has 0 spiro atoms. The van der Waals surface area contributed by atoms with Crippen LogP contribution in [0.2, 0.25) is 0 Å². The van der Waals surface area contributed by atoms with Gasteiger partial charge in [-0.05, 0) is 29.8 Å². The van der Waals surface area contributed by atoms with Crippen LogP contribution in [-0.2, 0) is 9.59 Å². The summed E-state index contributed by atoms with van der Waals surface area (Å²) in [5.41, 5.74) is 1.47. The summed E-state index contributed by atoms with van der Waals surface area (Å²) in [6.45, 7) is 0.389. The van der Waals surface area contributed by atoms with Crippen molar-refractivity contribution in [1.82, 2.24) is 15.6 Å². The Morgan fingerprint density at radius 1 is 1.12 bits per heavy atom. The number of aromatic nitrogens is 1. The van der Waals surface area contributed by atoms with Gasteiger partial charge in [-0.15, -0.1) is 0 Å². The number of carbonyl (C=O) groups excluding carboxylic acids is 2. The first-order chi connectivity index (χ1) is 16.2. The standard InChI is InChI=1S/C22H23Br2N5O5/c23-15-1-12(2-16(24)6-15)13(5-20(32)33)4-18(30)9-26-21(34)14-3-17(8-25-7-14)29-22-27-10-19(31)11-28-22/h1-3,6-8,13,19,31H,4-5,9-11H2,(H,26,34)(H,32,33)(H2,27,28,29)/t13-/m0/s1. The minimum absolute atomic E-state index is 0.0351. The number of aliphatic hydroxyl groups is 1. The van der Waals surface area contributed by atoms with Crippen molar-refractivity contribution in [3.63, 3.8) is 0 Å². The zero-order valence-electron chi connectivity index (χ0n) is 17.9. The molecule has 2 atom stereocenters. The summed E-state index contributed by atoms with van der Waals surface area (Å²) in [5.74, 6) is -1.87. The number of pyridine rings is 1. The van der Waals surface area contributed by atoms with Crippen LogP contribution in [0.25, 0.3) is 0 Å². The fourth-order valence-corrected chi connectivity index (χ4v) is 4.67. The van der Waals surface area contributed by atoms with Crippen LogP contribution in [-0.4, -0.2) is 64.6 Å². The molecule has 0 saturated heterocycles. The van der Waals surface area contributed by atoms with Crippen LogP contribution >= 0.6 is 31.9 Å². The molecule has 34 heavy (non-hydrogen) atoms. The van der Waals surface area contributed by atoms with Gasteiger partial charge in [0.2, 0.25) is 0 Å². The summed E-state index contributed by atoms with van der Waals surface area (Å²) < 4.78 is 1.53. The van der Waals surface area contributed by atoms with Crippen LogP contribution < -0.4 is 16.0 Å². The number of halogens is 2. The number of hydrogen-bond donors (Lipinski definition) is 5. The number of aliphatic carboxylic acids is 1. The van der Waals surface area contributed by atoms with Gasteiger partial charge >= 0.3 is 5.97 Å². The second-order valence-corrected chi connectivity index (χ2v) is 9.57. The van der Waals surface area contributed by atoms with E-state index in [1.165, 1.54) is 12.4 Å².